The van der Waals surface area contributed by atoms with Crippen LogP contribution in [0.1, 0.15) is 0 Å². The first-order valence-electron chi connectivity index (χ1n) is 3.60. The van der Waals surface area contributed by atoms with Gasteiger partial charge in [-0.3, -0.25) is 0 Å². The zero-order valence-corrected chi connectivity index (χ0v) is 8.48. The zero-order chi connectivity index (χ0) is 10.8. The smallest absolute Gasteiger partial charge is 0.397 e. The van der Waals surface area contributed by atoms with Crippen LogP contribution in [0.5, 0.6) is 0 Å². The minimum absolute atomic E-state index is 0.122. The van der Waals surface area contributed by atoms with Crippen LogP contribution in [0, 0.1) is 0 Å². The van der Waals surface area contributed by atoms with Crippen LogP contribution in [0.3, 0.4) is 0 Å². The van der Waals surface area contributed by atoms with Crippen molar-refractivity contribution in [3.05, 3.63) is 16.7 Å². The topological polar surface area (TPSA) is 50.9 Å². The summed E-state index contributed by atoms with van der Waals surface area (Å²) in [6, 6.07) is 1.48. The molecule has 0 saturated carbocycles. The molecule has 78 valence electrons. The van der Waals surface area contributed by atoms with Crippen LogP contribution in [-0.2, 0) is 0 Å². The average molecular weight is 270 g/mol. The lowest BCUT2D eigenvalue weighted by Crippen LogP contribution is -2.22. The fourth-order valence-corrected chi connectivity index (χ4v) is 1.27. The summed E-state index contributed by atoms with van der Waals surface area (Å²) < 4.78 is 35.9. The predicted molar refractivity (Wildman–Crippen MR) is 50.9 cm³/mol. The summed E-state index contributed by atoms with van der Waals surface area (Å²) in [6.45, 7) is -1.12. The van der Waals surface area contributed by atoms with E-state index >= 15 is 0 Å². The molecule has 1 aromatic heterocycles. The molecule has 3 nitrogen and oxygen atoms in total. The van der Waals surface area contributed by atoms with E-state index in [0.717, 1.165) is 0 Å². The van der Waals surface area contributed by atoms with E-state index in [-0.39, 0.29) is 5.82 Å². The standard InChI is InChI=1S/C7H7BrF3N3/c8-5-1-4(12)2-13-6(5)14-3-7(9,10)11/h1-2H,3,12H2,(H,13,14). The number of nitrogens with zero attached hydrogens (tertiary/aromatic N) is 1. The van der Waals surface area contributed by atoms with Gasteiger partial charge in [-0.15, -0.1) is 0 Å². The van der Waals surface area contributed by atoms with Gasteiger partial charge in [0.1, 0.15) is 12.4 Å². The number of pyridine rings is 1. The SMILES string of the molecule is Nc1cnc(NCC(F)(F)F)c(Br)c1. The molecule has 0 aliphatic carbocycles. The largest absolute Gasteiger partial charge is 0.405 e. The van der Waals surface area contributed by atoms with E-state index < -0.39 is 12.7 Å². The van der Waals surface area contributed by atoms with Crippen molar-refractivity contribution in [3.8, 4) is 0 Å². The molecule has 14 heavy (non-hydrogen) atoms. The van der Waals surface area contributed by atoms with Crippen LogP contribution in [0.4, 0.5) is 24.7 Å². The van der Waals surface area contributed by atoms with E-state index in [9.17, 15) is 13.2 Å². The van der Waals surface area contributed by atoms with Gasteiger partial charge in [-0.1, -0.05) is 0 Å². The van der Waals surface area contributed by atoms with E-state index in [1.807, 2.05) is 0 Å². The Morgan fingerprint density at radius 3 is 2.64 bits per heavy atom. The number of rotatable bonds is 2. The van der Waals surface area contributed by atoms with Crippen LogP contribution in [0.25, 0.3) is 0 Å². The van der Waals surface area contributed by atoms with Gasteiger partial charge in [-0.2, -0.15) is 13.2 Å². The van der Waals surface area contributed by atoms with Crippen molar-refractivity contribution in [3.63, 3.8) is 0 Å². The summed E-state index contributed by atoms with van der Waals surface area (Å²) >= 11 is 3.04. The van der Waals surface area contributed by atoms with E-state index in [0.29, 0.717) is 10.2 Å². The number of nitrogens with two attached hydrogens (primary N) is 1. The molecule has 0 unspecified atom stereocenters. The van der Waals surface area contributed by atoms with Gasteiger partial charge in [0, 0.05) is 0 Å². The Morgan fingerprint density at radius 2 is 2.14 bits per heavy atom. The Balaban J connectivity index is 2.68. The van der Waals surface area contributed by atoms with Gasteiger partial charge in [0.15, 0.2) is 0 Å². The van der Waals surface area contributed by atoms with Gasteiger partial charge in [0.25, 0.3) is 0 Å². The minimum Gasteiger partial charge on any atom is -0.397 e. The molecule has 0 aromatic carbocycles. The molecule has 1 heterocycles. The second kappa shape index (κ2) is 4.04. The normalized spacial score (nSPS) is 11.4. The number of halogens is 4. The van der Waals surface area contributed by atoms with E-state index in [4.69, 9.17) is 5.73 Å². The van der Waals surface area contributed by atoms with Crippen molar-refractivity contribution in [1.82, 2.24) is 4.98 Å². The summed E-state index contributed by atoms with van der Waals surface area (Å²) in [5.41, 5.74) is 5.75. The number of nitrogen functional groups attached to an aromatic ring is 1. The van der Waals surface area contributed by atoms with Gasteiger partial charge in [0.05, 0.1) is 16.4 Å². The Kier molecular flexibility index (Phi) is 3.20. The van der Waals surface area contributed by atoms with E-state index in [2.05, 4.69) is 26.2 Å². The Bertz CT molecular complexity index is 326. The van der Waals surface area contributed by atoms with E-state index in [1.165, 1.54) is 12.3 Å². The number of hydrogen-bond acceptors (Lipinski definition) is 3. The monoisotopic (exact) mass is 269 g/mol. The Labute approximate surface area is 86.6 Å². The van der Waals surface area contributed by atoms with Crippen molar-refractivity contribution < 1.29 is 13.2 Å². The second-order valence-corrected chi connectivity index (χ2v) is 3.42. The molecule has 0 aliphatic heterocycles. The quantitative estimate of drug-likeness (QED) is 0.867. The molecule has 0 saturated heterocycles. The van der Waals surface area contributed by atoms with Gasteiger partial charge in [0.2, 0.25) is 0 Å². The third-order valence-corrected chi connectivity index (χ3v) is 1.92. The lowest BCUT2D eigenvalue weighted by Gasteiger charge is -2.10. The maximum absolute atomic E-state index is 11.8. The molecule has 0 aliphatic rings. The minimum atomic E-state index is -4.26. The molecule has 0 fully saturated rings. The lowest BCUT2D eigenvalue weighted by atomic mass is 10.4. The maximum atomic E-state index is 11.8. The van der Waals surface area contributed by atoms with Crippen LogP contribution in [-0.4, -0.2) is 17.7 Å². The first kappa shape index (κ1) is 11.1. The molecule has 1 aromatic rings. The van der Waals surface area contributed by atoms with Crippen molar-refractivity contribution >= 4 is 27.4 Å². The molecule has 0 atom stereocenters. The Hall–Kier alpha value is -0.980. The van der Waals surface area contributed by atoms with Crippen molar-refractivity contribution in [2.75, 3.05) is 17.6 Å². The first-order chi connectivity index (χ1) is 6.38. The molecule has 0 radical (unpaired) electrons. The maximum Gasteiger partial charge on any atom is 0.405 e. The van der Waals surface area contributed by atoms with Crippen LogP contribution in [0.2, 0.25) is 0 Å². The van der Waals surface area contributed by atoms with Gasteiger partial charge in [-0.25, -0.2) is 4.98 Å². The Morgan fingerprint density at radius 1 is 1.50 bits per heavy atom. The summed E-state index contributed by atoms with van der Waals surface area (Å²) in [7, 11) is 0. The molecule has 0 bridgehead atoms. The fraction of sp³-hybridized carbons (Fsp3) is 0.286. The van der Waals surface area contributed by atoms with Crippen molar-refractivity contribution in [2.45, 2.75) is 6.18 Å². The summed E-state index contributed by atoms with van der Waals surface area (Å²) in [6.07, 6.45) is -2.98. The molecule has 1 rings (SSSR count). The van der Waals surface area contributed by atoms with Gasteiger partial charge in [-0.05, 0) is 22.0 Å². The lowest BCUT2D eigenvalue weighted by molar-refractivity contribution is -0.115. The first-order valence-corrected chi connectivity index (χ1v) is 4.39. The third kappa shape index (κ3) is 3.41. The summed E-state index contributed by atoms with van der Waals surface area (Å²) in [5.74, 6) is 0.122. The van der Waals surface area contributed by atoms with E-state index in [1.54, 1.807) is 0 Å². The molecule has 0 spiro atoms. The number of hydrogen-bond donors (Lipinski definition) is 2. The van der Waals surface area contributed by atoms with Crippen LogP contribution >= 0.6 is 15.9 Å². The predicted octanol–water partition coefficient (Wildman–Crippen LogP) is 2.40. The number of alkyl halides is 3. The highest BCUT2D eigenvalue weighted by molar-refractivity contribution is 9.10. The van der Waals surface area contributed by atoms with Crippen molar-refractivity contribution in [1.29, 1.82) is 0 Å². The van der Waals surface area contributed by atoms with Gasteiger partial charge >= 0.3 is 6.18 Å². The highest BCUT2D eigenvalue weighted by Gasteiger charge is 2.27. The fourth-order valence-electron chi connectivity index (χ4n) is 0.767. The zero-order valence-electron chi connectivity index (χ0n) is 6.90. The summed E-state index contributed by atoms with van der Waals surface area (Å²) in [4.78, 5) is 3.70. The number of aromatic nitrogens is 1. The highest BCUT2D eigenvalue weighted by Crippen LogP contribution is 2.23. The second-order valence-electron chi connectivity index (χ2n) is 2.57. The molecular formula is C7H7BrF3N3. The van der Waals surface area contributed by atoms with Crippen molar-refractivity contribution in [2.24, 2.45) is 0 Å². The van der Waals surface area contributed by atoms with Crippen LogP contribution < -0.4 is 11.1 Å². The summed E-state index contributed by atoms with van der Waals surface area (Å²) in [5, 5.41) is 2.14. The number of nitrogens with one attached hydrogen (secondary N) is 1. The molecule has 0 amide bonds. The highest BCUT2D eigenvalue weighted by atomic mass is 79.9. The number of anilines is 2. The van der Waals surface area contributed by atoms with Crippen LogP contribution in [0.15, 0.2) is 16.7 Å². The third-order valence-electron chi connectivity index (χ3n) is 1.32. The molecular weight excluding hydrogens is 263 g/mol. The molecule has 3 N–H and O–H groups in total. The van der Waals surface area contributed by atoms with Gasteiger partial charge < -0.3 is 11.1 Å². The molecule has 7 heteroatoms. The average Bonchev–Trinajstić information content (AvgIpc) is 2.00.